The van der Waals surface area contributed by atoms with Gasteiger partial charge >= 0.3 is 5.97 Å². The fourth-order valence-corrected chi connectivity index (χ4v) is 2.63. The Bertz CT molecular complexity index is 721. The third-order valence-corrected chi connectivity index (χ3v) is 4.24. The molecule has 23 heavy (non-hydrogen) atoms. The molecule has 0 aliphatic carbocycles. The van der Waals surface area contributed by atoms with E-state index in [2.05, 4.69) is 15.9 Å². The quantitative estimate of drug-likeness (QED) is 0.857. The molecule has 6 heteroatoms. The van der Waals surface area contributed by atoms with E-state index in [9.17, 15) is 9.59 Å². The lowest BCUT2D eigenvalue weighted by atomic mass is 10.00. The van der Waals surface area contributed by atoms with E-state index in [-0.39, 0.29) is 23.9 Å². The zero-order chi connectivity index (χ0) is 17.1. The van der Waals surface area contributed by atoms with Crippen molar-refractivity contribution in [1.29, 1.82) is 0 Å². The zero-order valence-corrected chi connectivity index (χ0v) is 14.8. The molecular formula is C17H18BrNO4. The van der Waals surface area contributed by atoms with Crippen molar-refractivity contribution in [2.75, 3.05) is 7.05 Å². The molecule has 1 aromatic heterocycles. The first-order chi connectivity index (χ1) is 10.8. The molecule has 0 spiro atoms. The molecule has 122 valence electrons. The first-order valence-corrected chi connectivity index (χ1v) is 7.92. The minimum Gasteiger partial charge on any atom is -0.478 e. The van der Waals surface area contributed by atoms with Crippen LogP contribution in [0.2, 0.25) is 0 Å². The molecule has 1 atom stereocenters. The van der Waals surface area contributed by atoms with Crippen LogP contribution in [0.5, 0.6) is 0 Å². The number of amides is 1. The van der Waals surface area contributed by atoms with Gasteiger partial charge in [0.25, 0.3) is 0 Å². The van der Waals surface area contributed by atoms with Crippen LogP contribution in [0.3, 0.4) is 0 Å². The molecular weight excluding hydrogens is 362 g/mol. The van der Waals surface area contributed by atoms with Gasteiger partial charge in [-0.3, -0.25) is 4.79 Å². The summed E-state index contributed by atoms with van der Waals surface area (Å²) in [5.41, 5.74) is 1.05. The molecule has 1 heterocycles. The van der Waals surface area contributed by atoms with Gasteiger partial charge in [-0.15, -0.1) is 0 Å². The Morgan fingerprint density at radius 2 is 1.91 bits per heavy atom. The van der Waals surface area contributed by atoms with Crippen LogP contribution in [0.1, 0.15) is 40.3 Å². The lowest BCUT2D eigenvalue weighted by Crippen LogP contribution is -2.30. The average molecular weight is 380 g/mol. The van der Waals surface area contributed by atoms with Crippen molar-refractivity contribution in [3.8, 4) is 0 Å². The average Bonchev–Trinajstić information content (AvgIpc) is 2.87. The van der Waals surface area contributed by atoms with Gasteiger partial charge in [0.15, 0.2) is 0 Å². The van der Waals surface area contributed by atoms with Crippen molar-refractivity contribution in [2.45, 2.75) is 26.3 Å². The number of furan rings is 1. The Morgan fingerprint density at radius 3 is 2.43 bits per heavy atom. The Hall–Kier alpha value is -2.08. The van der Waals surface area contributed by atoms with E-state index in [1.54, 1.807) is 14.0 Å². The highest BCUT2D eigenvalue weighted by Crippen LogP contribution is 2.22. The standard InChI is InChI=1S/C17H18BrNO4/c1-10(12-4-6-13(18)7-5-12)16(20)19(3)9-14-8-15(17(21)22)11(2)23-14/h4-8,10H,9H2,1-3H3,(H,21,22). The smallest absolute Gasteiger partial charge is 0.339 e. The number of carbonyl (C=O) groups is 2. The maximum Gasteiger partial charge on any atom is 0.339 e. The number of halogens is 1. The SMILES string of the molecule is Cc1oc(CN(C)C(=O)C(C)c2ccc(Br)cc2)cc1C(=O)O. The monoisotopic (exact) mass is 379 g/mol. The van der Waals surface area contributed by atoms with E-state index < -0.39 is 5.97 Å². The molecule has 1 amide bonds. The molecule has 0 bridgehead atoms. The largest absolute Gasteiger partial charge is 0.478 e. The van der Waals surface area contributed by atoms with Crippen LogP contribution in [0.15, 0.2) is 39.2 Å². The third-order valence-electron chi connectivity index (χ3n) is 3.71. The van der Waals surface area contributed by atoms with E-state index in [0.29, 0.717) is 11.5 Å². The minimum absolute atomic E-state index is 0.0572. The zero-order valence-electron chi connectivity index (χ0n) is 13.2. The van der Waals surface area contributed by atoms with Crippen LogP contribution in [-0.4, -0.2) is 28.9 Å². The summed E-state index contributed by atoms with van der Waals surface area (Å²) in [6.45, 7) is 3.67. The van der Waals surface area contributed by atoms with Crippen LogP contribution < -0.4 is 0 Å². The molecule has 2 rings (SSSR count). The molecule has 0 saturated heterocycles. The summed E-state index contributed by atoms with van der Waals surface area (Å²) in [5, 5.41) is 9.04. The van der Waals surface area contributed by atoms with Gasteiger partial charge in [0, 0.05) is 11.5 Å². The molecule has 0 radical (unpaired) electrons. The lowest BCUT2D eigenvalue weighted by Gasteiger charge is -2.20. The lowest BCUT2D eigenvalue weighted by molar-refractivity contribution is -0.131. The Balaban J connectivity index is 2.09. The normalized spacial score (nSPS) is 12.0. The second-order valence-corrected chi connectivity index (χ2v) is 6.37. The van der Waals surface area contributed by atoms with E-state index in [0.717, 1.165) is 10.0 Å². The van der Waals surface area contributed by atoms with Gasteiger partial charge in [-0.05, 0) is 37.6 Å². The Labute approximate surface area is 143 Å². The highest BCUT2D eigenvalue weighted by atomic mass is 79.9. The molecule has 5 nitrogen and oxygen atoms in total. The summed E-state index contributed by atoms with van der Waals surface area (Å²) in [7, 11) is 1.68. The number of carboxylic acid groups (broad SMARTS) is 1. The van der Waals surface area contributed by atoms with Gasteiger partial charge in [0.05, 0.1) is 12.5 Å². The van der Waals surface area contributed by atoms with Crippen LogP contribution in [0, 0.1) is 6.92 Å². The van der Waals surface area contributed by atoms with Crippen molar-refractivity contribution in [2.24, 2.45) is 0 Å². The van der Waals surface area contributed by atoms with Gasteiger partial charge in [0.2, 0.25) is 5.91 Å². The van der Waals surface area contributed by atoms with Gasteiger partial charge in [0.1, 0.15) is 17.1 Å². The fourth-order valence-electron chi connectivity index (χ4n) is 2.37. The van der Waals surface area contributed by atoms with Crippen molar-refractivity contribution in [3.63, 3.8) is 0 Å². The van der Waals surface area contributed by atoms with Gasteiger partial charge in [-0.1, -0.05) is 28.1 Å². The first kappa shape index (κ1) is 17.3. The molecule has 2 aromatic rings. The highest BCUT2D eigenvalue weighted by Gasteiger charge is 2.21. The van der Waals surface area contributed by atoms with E-state index >= 15 is 0 Å². The second kappa shape index (κ2) is 7.00. The number of hydrogen-bond acceptors (Lipinski definition) is 3. The number of aryl methyl sites for hydroxylation is 1. The Morgan fingerprint density at radius 1 is 1.30 bits per heavy atom. The number of carboxylic acids is 1. The number of likely N-dealkylation sites (N-methyl/N-ethyl adjacent to an activating group) is 1. The second-order valence-electron chi connectivity index (χ2n) is 5.46. The van der Waals surface area contributed by atoms with Crippen LogP contribution >= 0.6 is 15.9 Å². The van der Waals surface area contributed by atoms with Gasteiger partial charge in [-0.2, -0.15) is 0 Å². The maximum atomic E-state index is 12.5. The fraction of sp³-hybridized carbons (Fsp3) is 0.294. The Kier molecular flexibility index (Phi) is 5.26. The van der Waals surface area contributed by atoms with E-state index in [1.807, 2.05) is 31.2 Å². The maximum absolute atomic E-state index is 12.5. The van der Waals surface area contributed by atoms with Crippen LogP contribution in [0.4, 0.5) is 0 Å². The summed E-state index contributed by atoms with van der Waals surface area (Å²) in [6.07, 6.45) is 0. The highest BCUT2D eigenvalue weighted by molar-refractivity contribution is 9.10. The van der Waals surface area contributed by atoms with E-state index in [4.69, 9.17) is 9.52 Å². The molecule has 0 saturated carbocycles. The van der Waals surface area contributed by atoms with Crippen LogP contribution in [-0.2, 0) is 11.3 Å². The summed E-state index contributed by atoms with van der Waals surface area (Å²) in [6, 6.07) is 9.06. The van der Waals surface area contributed by atoms with Gasteiger partial charge in [-0.25, -0.2) is 4.79 Å². The summed E-state index contributed by atoms with van der Waals surface area (Å²) < 4.78 is 6.38. The molecule has 1 aromatic carbocycles. The van der Waals surface area contributed by atoms with Gasteiger partial charge < -0.3 is 14.4 Å². The topological polar surface area (TPSA) is 70.8 Å². The van der Waals surface area contributed by atoms with Crippen molar-refractivity contribution in [1.82, 2.24) is 4.90 Å². The van der Waals surface area contributed by atoms with Crippen molar-refractivity contribution < 1.29 is 19.1 Å². The molecule has 1 unspecified atom stereocenters. The number of nitrogens with zero attached hydrogens (tertiary/aromatic N) is 1. The van der Waals surface area contributed by atoms with Crippen molar-refractivity contribution in [3.05, 3.63) is 57.5 Å². The molecule has 0 fully saturated rings. The number of carbonyl (C=O) groups excluding carboxylic acids is 1. The number of hydrogen-bond donors (Lipinski definition) is 1. The number of benzene rings is 1. The third kappa shape index (κ3) is 4.01. The molecule has 0 aliphatic rings. The number of rotatable bonds is 5. The summed E-state index contributed by atoms with van der Waals surface area (Å²) in [5.74, 6) is -0.580. The van der Waals surface area contributed by atoms with E-state index in [1.165, 1.54) is 11.0 Å². The van der Waals surface area contributed by atoms with Crippen LogP contribution in [0.25, 0.3) is 0 Å². The summed E-state index contributed by atoms with van der Waals surface area (Å²) >= 11 is 3.37. The predicted octanol–water partition coefficient (Wildman–Crippen LogP) is 3.81. The first-order valence-electron chi connectivity index (χ1n) is 7.12. The number of aromatic carboxylic acids is 1. The predicted molar refractivity (Wildman–Crippen MR) is 89.4 cm³/mol. The summed E-state index contributed by atoms with van der Waals surface area (Å²) in [4.78, 5) is 25.1. The minimum atomic E-state index is -1.03. The van der Waals surface area contributed by atoms with Crippen molar-refractivity contribution >= 4 is 27.8 Å². The molecule has 1 N–H and O–H groups in total. The molecule has 0 aliphatic heterocycles.